The van der Waals surface area contributed by atoms with Gasteiger partial charge in [0.25, 0.3) is 0 Å². The topological polar surface area (TPSA) is 48.3 Å². The summed E-state index contributed by atoms with van der Waals surface area (Å²) in [5.74, 6) is 0.873. The number of nitrogens with one attached hydrogen (secondary N) is 1. The summed E-state index contributed by atoms with van der Waals surface area (Å²) in [6.07, 6.45) is 0.515. The van der Waals surface area contributed by atoms with Gasteiger partial charge in [-0.2, -0.15) is 5.26 Å². The number of anilines is 1. The van der Waals surface area contributed by atoms with Gasteiger partial charge in [-0.1, -0.05) is 6.07 Å². The fourth-order valence-corrected chi connectivity index (χ4v) is 1.96. The molecule has 4 heteroatoms. The molecule has 0 aromatic heterocycles. The van der Waals surface area contributed by atoms with Crippen molar-refractivity contribution in [2.45, 2.75) is 19.4 Å². The number of rotatable bonds is 6. The van der Waals surface area contributed by atoms with Crippen LogP contribution in [0.15, 0.2) is 18.2 Å². The van der Waals surface area contributed by atoms with Crippen LogP contribution in [0.3, 0.4) is 0 Å². The van der Waals surface area contributed by atoms with Gasteiger partial charge < -0.3 is 15.0 Å². The summed E-state index contributed by atoms with van der Waals surface area (Å²) in [7, 11) is 5.61. The van der Waals surface area contributed by atoms with Gasteiger partial charge in [0.2, 0.25) is 0 Å². The summed E-state index contributed by atoms with van der Waals surface area (Å²) in [4.78, 5) is 2.09. The summed E-state index contributed by atoms with van der Waals surface area (Å²) in [6, 6.07) is 8.36. The van der Waals surface area contributed by atoms with E-state index in [4.69, 9.17) is 10.00 Å². The highest BCUT2D eigenvalue weighted by Crippen LogP contribution is 2.33. The molecule has 0 heterocycles. The summed E-state index contributed by atoms with van der Waals surface area (Å²) in [5.41, 5.74) is 2.23. The molecule has 0 saturated carbocycles. The first kappa shape index (κ1) is 14.3. The van der Waals surface area contributed by atoms with Crippen LogP contribution in [0.4, 0.5) is 5.69 Å². The van der Waals surface area contributed by atoms with Crippen molar-refractivity contribution < 1.29 is 4.74 Å². The molecule has 0 aliphatic heterocycles. The zero-order chi connectivity index (χ0) is 13.5. The number of nitrogens with zero attached hydrogens (tertiary/aromatic N) is 2. The van der Waals surface area contributed by atoms with E-state index < -0.39 is 0 Å². The first-order valence-corrected chi connectivity index (χ1v) is 6.08. The highest BCUT2D eigenvalue weighted by molar-refractivity contribution is 5.60. The Morgan fingerprint density at radius 1 is 1.50 bits per heavy atom. The number of hydrogen-bond acceptors (Lipinski definition) is 4. The lowest BCUT2D eigenvalue weighted by Gasteiger charge is -2.26. The molecule has 0 amide bonds. The van der Waals surface area contributed by atoms with Crippen LogP contribution in [-0.4, -0.2) is 27.7 Å². The smallest absolute Gasteiger partial charge is 0.125 e. The molecule has 98 valence electrons. The summed E-state index contributed by atoms with van der Waals surface area (Å²) in [6.45, 7) is 2.81. The molecule has 0 aliphatic carbocycles. The minimum atomic E-state index is 0.195. The van der Waals surface area contributed by atoms with Crippen molar-refractivity contribution >= 4 is 5.69 Å². The first-order valence-electron chi connectivity index (χ1n) is 6.08. The van der Waals surface area contributed by atoms with Gasteiger partial charge in [-0.15, -0.1) is 0 Å². The largest absolute Gasteiger partial charge is 0.496 e. The highest BCUT2D eigenvalue weighted by Gasteiger charge is 2.17. The molecule has 4 nitrogen and oxygen atoms in total. The average Bonchev–Trinajstić information content (AvgIpc) is 2.42. The van der Waals surface area contributed by atoms with Gasteiger partial charge in [-0.05, 0) is 26.1 Å². The number of benzene rings is 1. The Morgan fingerprint density at radius 2 is 2.22 bits per heavy atom. The van der Waals surface area contributed by atoms with Gasteiger partial charge in [-0.25, -0.2) is 0 Å². The van der Waals surface area contributed by atoms with Crippen molar-refractivity contribution in [1.29, 1.82) is 5.26 Å². The number of hydrogen-bond donors (Lipinski definition) is 1. The second kappa shape index (κ2) is 6.87. The Kier molecular flexibility index (Phi) is 5.47. The third kappa shape index (κ3) is 3.14. The maximum Gasteiger partial charge on any atom is 0.125 e. The van der Waals surface area contributed by atoms with E-state index in [9.17, 15) is 0 Å². The van der Waals surface area contributed by atoms with E-state index >= 15 is 0 Å². The van der Waals surface area contributed by atoms with Crippen LogP contribution in [0.2, 0.25) is 0 Å². The molecule has 0 saturated heterocycles. The van der Waals surface area contributed by atoms with Crippen LogP contribution in [0, 0.1) is 11.3 Å². The molecule has 1 aromatic rings. The maximum absolute atomic E-state index is 8.67. The van der Waals surface area contributed by atoms with E-state index in [-0.39, 0.29) is 6.04 Å². The van der Waals surface area contributed by atoms with Crippen LogP contribution in [0.25, 0.3) is 0 Å². The van der Waals surface area contributed by atoms with Crippen LogP contribution >= 0.6 is 0 Å². The van der Waals surface area contributed by atoms with Crippen LogP contribution in [0.1, 0.15) is 24.9 Å². The molecule has 1 atom stereocenters. The molecule has 0 radical (unpaired) electrons. The lowest BCUT2D eigenvalue weighted by atomic mass is 10.0. The van der Waals surface area contributed by atoms with Crippen molar-refractivity contribution in [3.8, 4) is 11.8 Å². The molecule has 0 spiro atoms. The van der Waals surface area contributed by atoms with Crippen LogP contribution < -0.4 is 15.0 Å². The molecular formula is C14H21N3O. The van der Waals surface area contributed by atoms with Crippen molar-refractivity contribution in [3.63, 3.8) is 0 Å². The van der Waals surface area contributed by atoms with Crippen molar-refractivity contribution in [2.75, 3.05) is 32.6 Å². The van der Waals surface area contributed by atoms with Gasteiger partial charge in [0, 0.05) is 30.9 Å². The third-order valence-corrected chi connectivity index (χ3v) is 3.10. The number of nitriles is 1. The molecule has 0 fully saturated rings. The maximum atomic E-state index is 8.67. The molecule has 1 aromatic carbocycles. The zero-order valence-corrected chi connectivity index (χ0v) is 11.5. The molecule has 1 N–H and O–H groups in total. The number of methoxy groups -OCH3 is 1. The van der Waals surface area contributed by atoms with Gasteiger partial charge in [-0.3, -0.25) is 0 Å². The highest BCUT2D eigenvalue weighted by atomic mass is 16.5. The second-order valence-corrected chi connectivity index (χ2v) is 4.23. The van der Waals surface area contributed by atoms with Crippen molar-refractivity contribution in [2.24, 2.45) is 0 Å². The van der Waals surface area contributed by atoms with E-state index in [1.807, 2.05) is 26.2 Å². The SMILES string of the molecule is CNC(C)c1c(OC)cccc1N(C)CCC#N. The second-order valence-electron chi connectivity index (χ2n) is 4.23. The van der Waals surface area contributed by atoms with E-state index in [0.717, 1.165) is 17.0 Å². The van der Waals surface area contributed by atoms with E-state index in [2.05, 4.69) is 29.3 Å². The summed E-state index contributed by atoms with van der Waals surface area (Å²) >= 11 is 0. The normalized spacial score (nSPS) is 11.7. The minimum Gasteiger partial charge on any atom is -0.496 e. The molecule has 0 bridgehead atoms. The first-order chi connectivity index (χ1) is 8.65. The standard InChI is InChI=1S/C14H21N3O/c1-11(16-2)14-12(17(3)10-6-9-15)7-5-8-13(14)18-4/h5,7-8,11,16H,6,10H2,1-4H3. The monoisotopic (exact) mass is 247 g/mol. The van der Waals surface area contributed by atoms with E-state index in [0.29, 0.717) is 13.0 Å². The van der Waals surface area contributed by atoms with E-state index in [1.165, 1.54) is 0 Å². The predicted molar refractivity (Wildman–Crippen MR) is 74.0 cm³/mol. The molecule has 1 unspecified atom stereocenters. The number of ether oxygens (including phenoxy) is 1. The Balaban J connectivity index is 3.13. The minimum absolute atomic E-state index is 0.195. The van der Waals surface area contributed by atoms with Crippen molar-refractivity contribution in [3.05, 3.63) is 23.8 Å². The van der Waals surface area contributed by atoms with Crippen LogP contribution in [-0.2, 0) is 0 Å². The molecule has 18 heavy (non-hydrogen) atoms. The fourth-order valence-electron chi connectivity index (χ4n) is 1.96. The summed E-state index contributed by atoms with van der Waals surface area (Å²) < 4.78 is 5.43. The Morgan fingerprint density at radius 3 is 2.78 bits per heavy atom. The lowest BCUT2D eigenvalue weighted by molar-refractivity contribution is 0.404. The Bertz CT molecular complexity index is 426. The van der Waals surface area contributed by atoms with Gasteiger partial charge in [0.1, 0.15) is 5.75 Å². The summed E-state index contributed by atoms with van der Waals surface area (Å²) in [5, 5.41) is 11.9. The van der Waals surface area contributed by atoms with Gasteiger partial charge in [0.15, 0.2) is 0 Å². The Hall–Kier alpha value is -1.73. The predicted octanol–water partition coefficient (Wildman–Crippen LogP) is 2.33. The Labute approximate surface area is 109 Å². The quantitative estimate of drug-likeness (QED) is 0.838. The van der Waals surface area contributed by atoms with Crippen LogP contribution in [0.5, 0.6) is 5.75 Å². The molecule has 1 rings (SSSR count). The van der Waals surface area contributed by atoms with Gasteiger partial charge in [0.05, 0.1) is 19.6 Å². The average molecular weight is 247 g/mol. The zero-order valence-electron chi connectivity index (χ0n) is 11.5. The van der Waals surface area contributed by atoms with E-state index in [1.54, 1.807) is 7.11 Å². The molecular weight excluding hydrogens is 226 g/mol. The third-order valence-electron chi connectivity index (χ3n) is 3.10. The molecule has 0 aliphatic rings. The van der Waals surface area contributed by atoms with Crippen molar-refractivity contribution in [1.82, 2.24) is 5.32 Å². The lowest BCUT2D eigenvalue weighted by Crippen LogP contribution is -2.23. The fraction of sp³-hybridized carbons (Fsp3) is 0.500. The van der Waals surface area contributed by atoms with Gasteiger partial charge >= 0.3 is 0 Å².